The van der Waals surface area contributed by atoms with E-state index in [1.807, 2.05) is 0 Å². The van der Waals surface area contributed by atoms with Gasteiger partial charge in [0.25, 0.3) is 0 Å². The number of aliphatic hydroxyl groups excluding tert-OH is 1. The third-order valence-electron chi connectivity index (χ3n) is 2.66. The zero-order valence-corrected chi connectivity index (χ0v) is 11.0. The summed E-state index contributed by atoms with van der Waals surface area (Å²) >= 11 is 0. The van der Waals surface area contributed by atoms with Crippen molar-refractivity contribution in [1.82, 2.24) is 0 Å². The molecule has 0 amide bonds. The average Bonchev–Trinajstić information content (AvgIpc) is 2.30. The van der Waals surface area contributed by atoms with Gasteiger partial charge in [0.05, 0.1) is 16.8 Å². The van der Waals surface area contributed by atoms with Gasteiger partial charge < -0.3 is 5.11 Å². The van der Waals surface area contributed by atoms with Crippen molar-refractivity contribution in [3.63, 3.8) is 0 Å². The van der Waals surface area contributed by atoms with Crippen LogP contribution in [0.3, 0.4) is 0 Å². The van der Waals surface area contributed by atoms with Gasteiger partial charge in [-0.25, -0.2) is 8.42 Å². The van der Waals surface area contributed by atoms with E-state index < -0.39 is 15.9 Å². The van der Waals surface area contributed by atoms with Gasteiger partial charge in [0, 0.05) is 0 Å². The Labute approximate surface area is 103 Å². The van der Waals surface area contributed by atoms with Crippen molar-refractivity contribution >= 4 is 9.84 Å². The Hall–Kier alpha value is -0.870. The molecule has 1 N–H and O–H groups in total. The Bertz CT molecular complexity index is 412. The molecule has 1 unspecified atom stereocenters. The van der Waals surface area contributed by atoms with Crippen LogP contribution >= 0.6 is 0 Å². The highest BCUT2D eigenvalue weighted by molar-refractivity contribution is 7.91. The van der Waals surface area contributed by atoms with Crippen molar-refractivity contribution in [2.24, 2.45) is 0 Å². The predicted octanol–water partition coefficient (Wildman–Crippen LogP) is 2.40. The van der Waals surface area contributed by atoms with Crippen LogP contribution in [0.2, 0.25) is 0 Å². The number of unbranched alkanes of at least 4 members (excludes halogenated alkanes) is 2. The number of hydrogen-bond acceptors (Lipinski definition) is 3. The highest BCUT2D eigenvalue weighted by Gasteiger charge is 2.18. The van der Waals surface area contributed by atoms with Gasteiger partial charge in [-0.3, -0.25) is 0 Å². The van der Waals surface area contributed by atoms with Crippen LogP contribution in [0.15, 0.2) is 35.2 Å². The monoisotopic (exact) mass is 256 g/mol. The molecule has 0 fully saturated rings. The predicted molar refractivity (Wildman–Crippen MR) is 68.6 cm³/mol. The van der Waals surface area contributed by atoms with Gasteiger partial charge in [-0.1, -0.05) is 44.4 Å². The molecule has 4 heteroatoms. The summed E-state index contributed by atoms with van der Waals surface area (Å²) in [7, 11) is -3.35. The van der Waals surface area contributed by atoms with E-state index in [-0.39, 0.29) is 10.6 Å². The first-order valence-electron chi connectivity index (χ1n) is 6.02. The summed E-state index contributed by atoms with van der Waals surface area (Å²) in [6.07, 6.45) is 2.77. The van der Waals surface area contributed by atoms with E-state index in [1.165, 1.54) is 0 Å². The second-order valence-corrected chi connectivity index (χ2v) is 6.28. The van der Waals surface area contributed by atoms with E-state index in [0.717, 1.165) is 19.3 Å². The third-order valence-corrected chi connectivity index (χ3v) is 4.47. The summed E-state index contributed by atoms with van der Waals surface area (Å²) < 4.78 is 23.8. The van der Waals surface area contributed by atoms with Crippen molar-refractivity contribution in [2.75, 3.05) is 5.75 Å². The number of aliphatic hydroxyl groups is 1. The van der Waals surface area contributed by atoms with Crippen molar-refractivity contribution < 1.29 is 13.5 Å². The van der Waals surface area contributed by atoms with Crippen LogP contribution < -0.4 is 0 Å². The molecule has 96 valence electrons. The quantitative estimate of drug-likeness (QED) is 0.762. The van der Waals surface area contributed by atoms with Crippen LogP contribution in [0.5, 0.6) is 0 Å². The summed E-state index contributed by atoms with van der Waals surface area (Å²) in [5.41, 5.74) is 0. The maximum absolute atomic E-state index is 11.9. The standard InChI is InChI=1S/C13H20O3S/c1-2-3-5-8-12(14)11-17(15,16)13-9-6-4-7-10-13/h4,6-7,9-10,12,14H,2-3,5,8,11H2,1H3. The second kappa shape index (κ2) is 6.77. The smallest absolute Gasteiger partial charge is 0.180 e. The fourth-order valence-electron chi connectivity index (χ4n) is 1.69. The van der Waals surface area contributed by atoms with Gasteiger partial charge in [-0.05, 0) is 18.6 Å². The Morgan fingerprint density at radius 3 is 2.41 bits per heavy atom. The molecule has 1 aromatic rings. The highest BCUT2D eigenvalue weighted by Crippen LogP contribution is 2.13. The Morgan fingerprint density at radius 1 is 1.18 bits per heavy atom. The van der Waals surface area contributed by atoms with Crippen LogP contribution in [0.25, 0.3) is 0 Å². The van der Waals surface area contributed by atoms with Crippen molar-refractivity contribution in [3.8, 4) is 0 Å². The number of hydrogen-bond donors (Lipinski definition) is 1. The van der Waals surface area contributed by atoms with Crippen molar-refractivity contribution in [3.05, 3.63) is 30.3 Å². The zero-order chi connectivity index (χ0) is 12.7. The minimum absolute atomic E-state index is 0.180. The fourth-order valence-corrected chi connectivity index (χ4v) is 3.13. The number of benzene rings is 1. The van der Waals surface area contributed by atoms with Crippen LogP contribution in [-0.2, 0) is 9.84 Å². The van der Waals surface area contributed by atoms with Gasteiger partial charge in [0.1, 0.15) is 0 Å². The summed E-state index contributed by atoms with van der Waals surface area (Å²) in [4.78, 5) is 0.287. The second-order valence-electron chi connectivity index (χ2n) is 4.24. The lowest BCUT2D eigenvalue weighted by atomic mass is 10.1. The molecule has 0 saturated heterocycles. The van der Waals surface area contributed by atoms with Gasteiger partial charge >= 0.3 is 0 Å². The maximum atomic E-state index is 11.9. The van der Waals surface area contributed by atoms with Gasteiger partial charge in [0.15, 0.2) is 9.84 Å². The molecule has 17 heavy (non-hydrogen) atoms. The van der Waals surface area contributed by atoms with E-state index in [9.17, 15) is 13.5 Å². The molecule has 0 aliphatic rings. The Balaban J connectivity index is 2.55. The summed E-state index contributed by atoms with van der Waals surface area (Å²) in [6, 6.07) is 8.28. The maximum Gasteiger partial charge on any atom is 0.180 e. The largest absolute Gasteiger partial charge is 0.392 e. The molecule has 0 aliphatic carbocycles. The molecule has 0 aliphatic heterocycles. The molecule has 0 bridgehead atoms. The van der Waals surface area contributed by atoms with E-state index in [2.05, 4.69) is 6.92 Å². The first-order chi connectivity index (χ1) is 8.06. The lowest BCUT2D eigenvalue weighted by Gasteiger charge is -2.10. The lowest BCUT2D eigenvalue weighted by Crippen LogP contribution is -2.20. The van der Waals surface area contributed by atoms with Crippen LogP contribution in [0.1, 0.15) is 32.6 Å². The van der Waals surface area contributed by atoms with Crippen molar-refractivity contribution in [2.45, 2.75) is 43.6 Å². The minimum atomic E-state index is -3.35. The fraction of sp³-hybridized carbons (Fsp3) is 0.538. The molecule has 3 nitrogen and oxygen atoms in total. The summed E-state index contributed by atoms with van der Waals surface area (Å²) in [6.45, 7) is 2.08. The molecule has 0 heterocycles. The molecule has 1 atom stereocenters. The molecule has 0 spiro atoms. The molecule has 1 rings (SSSR count). The first-order valence-corrected chi connectivity index (χ1v) is 7.67. The van der Waals surface area contributed by atoms with Gasteiger partial charge in [0.2, 0.25) is 0 Å². The molecule has 0 saturated carbocycles. The van der Waals surface area contributed by atoms with E-state index in [4.69, 9.17) is 0 Å². The normalized spacial score (nSPS) is 13.5. The zero-order valence-electron chi connectivity index (χ0n) is 10.2. The number of rotatable bonds is 7. The first kappa shape index (κ1) is 14.2. The van der Waals surface area contributed by atoms with E-state index >= 15 is 0 Å². The van der Waals surface area contributed by atoms with Gasteiger partial charge in [-0.2, -0.15) is 0 Å². The van der Waals surface area contributed by atoms with Crippen molar-refractivity contribution in [1.29, 1.82) is 0 Å². The van der Waals surface area contributed by atoms with E-state index in [1.54, 1.807) is 30.3 Å². The molecular weight excluding hydrogens is 236 g/mol. The highest BCUT2D eigenvalue weighted by atomic mass is 32.2. The topological polar surface area (TPSA) is 54.4 Å². The van der Waals surface area contributed by atoms with Gasteiger partial charge in [-0.15, -0.1) is 0 Å². The van der Waals surface area contributed by atoms with Crippen LogP contribution in [0, 0.1) is 0 Å². The summed E-state index contributed by atoms with van der Waals surface area (Å²) in [5.74, 6) is -0.180. The number of sulfone groups is 1. The Kier molecular flexibility index (Phi) is 5.65. The average molecular weight is 256 g/mol. The Morgan fingerprint density at radius 2 is 1.82 bits per heavy atom. The van der Waals surface area contributed by atoms with Crippen LogP contribution in [-0.4, -0.2) is 25.4 Å². The SMILES string of the molecule is CCCCCC(O)CS(=O)(=O)c1ccccc1. The minimum Gasteiger partial charge on any atom is -0.392 e. The molecule has 0 aromatic heterocycles. The van der Waals surface area contributed by atoms with Crippen LogP contribution in [0.4, 0.5) is 0 Å². The third kappa shape index (κ3) is 4.88. The molecule has 0 radical (unpaired) electrons. The molecular formula is C13H20O3S. The summed E-state index contributed by atoms with van der Waals surface area (Å²) in [5, 5.41) is 9.69. The lowest BCUT2D eigenvalue weighted by molar-refractivity contribution is 0.183. The molecule has 1 aromatic carbocycles. The van der Waals surface area contributed by atoms with E-state index in [0.29, 0.717) is 6.42 Å².